The van der Waals surface area contributed by atoms with Crippen LogP contribution in [0.1, 0.15) is 5.56 Å². The Hall–Kier alpha value is -1.62. The first kappa shape index (κ1) is 15.3. The Balaban J connectivity index is 1.55. The van der Waals surface area contributed by atoms with E-state index in [-0.39, 0.29) is 0 Å². The number of quaternary nitrogens is 1. The van der Waals surface area contributed by atoms with Crippen LogP contribution in [0.5, 0.6) is 0 Å². The molecule has 0 amide bonds. The first-order valence-electron chi connectivity index (χ1n) is 7.40. The van der Waals surface area contributed by atoms with E-state index in [1.165, 1.54) is 10.5 Å². The van der Waals surface area contributed by atoms with E-state index >= 15 is 0 Å². The van der Waals surface area contributed by atoms with Crippen molar-refractivity contribution in [1.82, 2.24) is 4.90 Å². The highest BCUT2D eigenvalue weighted by atomic mass is 35.5. The fourth-order valence-electron chi connectivity index (χ4n) is 2.69. The average molecular weight is 333 g/mol. The molecule has 3 nitrogen and oxygen atoms in total. The Morgan fingerprint density at radius 1 is 1.18 bits per heavy atom. The minimum atomic E-state index is 0.713. The second-order valence-electron chi connectivity index (χ2n) is 5.52. The molecule has 1 heterocycles. The molecule has 3 rings (SSSR count). The topological polar surface area (TPSA) is 19.7 Å². The molecular formula is C17H19ClN3S+. The van der Waals surface area contributed by atoms with Crippen molar-refractivity contribution < 1.29 is 4.90 Å². The maximum absolute atomic E-state index is 6.00. The number of nitrogens with zero attached hydrogens (tertiary/aromatic N) is 1. The summed E-state index contributed by atoms with van der Waals surface area (Å²) in [5, 5.41) is 4.75. The van der Waals surface area contributed by atoms with Crippen LogP contribution in [-0.4, -0.2) is 29.8 Å². The Bertz CT molecular complexity index is 647. The van der Waals surface area contributed by atoms with Gasteiger partial charge in [0.15, 0.2) is 11.8 Å². The third-order valence-electron chi connectivity index (χ3n) is 3.81. The van der Waals surface area contributed by atoms with Gasteiger partial charge in [-0.05, 0) is 30.4 Å². The molecule has 114 valence electrons. The molecule has 0 aromatic heterocycles. The lowest BCUT2D eigenvalue weighted by atomic mass is 10.2. The van der Waals surface area contributed by atoms with Gasteiger partial charge in [-0.25, -0.2) is 0 Å². The monoisotopic (exact) mass is 332 g/mol. The first-order chi connectivity index (χ1) is 10.7. The van der Waals surface area contributed by atoms with Crippen LogP contribution in [0.2, 0.25) is 5.02 Å². The lowest BCUT2D eigenvalue weighted by molar-refractivity contribution is -0.904. The normalized spacial score (nSPS) is 17.5. The third kappa shape index (κ3) is 3.97. The molecule has 0 saturated carbocycles. The summed E-state index contributed by atoms with van der Waals surface area (Å²) in [6.07, 6.45) is 0. The molecule has 1 fully saturated rings. The fourth-order valence-corrected chi connectivity index (χ4v) is 3.16. The van der Waals surface area contributed by atoms with Crippen molar-refractivity contribution in [1.29, 1.82) is 0 Å². The second kappa shape index (κ2) is 7.09. The molecule has 2 N–H and O–H groups in total. The molecule has 0 aliphatic carbocycles. The molecule has 0 spiro atoms. The molecule has 1 unspecified atom stereocenters. The van der Waals surface area contributed by atoms with Crippen LogP contribution in [0.3, 0.4) is 0 Å². The summed E-state index contributed by atoms with van der Waals surface area (Å²) in [4.78, 5) is 3.75. The molecule has 22 heavy (non-hydrogen) atoms. The van der Waals surface area contributed by atoms with Crippen molar-refractivity contribution in [2.24, 2.45) is 0 Å². The number of hydrogen-bond acceptors (Lipinski definition) is 1. The van der Waals surface area contributed by atoms with E-state index in [9.17, 15) is 0 Å². The van der Waals surface area contributed by atoms with Crippen molar-refractivity contribution in [2.75, 3.05) is 25.1 Å². The van der Waals surface area contributed by atoms with Gasteiger partial charge in [0.1, 0.15) is 6.54 Å². The van der Waals surface area contributed by atoms with Crippen molar-refractivity contribution in [3.63, 3.8) is 0 Å². The van der Waals surface area contributed by atoms with Crippen LogP contribution in [-0.2, 0) is 6.54 Å². The van der Waals surface area contributed by atoms with E-state index in [0.717, 1.165) is 37.1 Å². The van der Waals surface area contributed by atoms with Crippen molar-refractivity contribution in [3.05, 3.63) is 65.2 Å². The summed E-state index contributed by atoms with van der Waals surface area (Å²) < 4.78 is 0. The maximum atomic E-state index is 6.00. The molecule has 5 heteroatoms. The van der Waals surface area contributed by atoms with E-state index in [1.807, 2.05) is 24.3 Å². The zero-order valence-corrected chi connectivity index (χ0v) is 13.8. The minimum absolute atomic E-state index is 0.713. The summed E-state index contributed by atoms with van der Waals surface area (Å²) in [6, 6.07) is 18.2. The summed E-state index contributed by atoms with van der Waals surface area (Å²) in [5.74, 6) is 0. The number of anilines is 1. The predicted molar refractivity (Wildman–Crippen MR) is 95.2 cm³/mol. The fraction of sp³-hybridized carbons (Fsp3) is 0.235. The van der Waals surface area contributed by atoms with Gasteiger partial charge in [0.25, 0.3) is 0 Å². The zero-order valence-electron chi connectivity index (χ0n) is 12.3. The quantitative estimate of drug-likeness (QED) is 0.842. The van der Waals surface area contributed by atoms with Gasteiger partial charge in [-0.3, -0.25) is 4.90 Å². The van der Waals surface area contributed by atoms with Gasteiger partial charge in [0.05, 0.1) is 13.1 Å². The summed E-state index contributed by atoms with van der Waals surface area (Å²) >= 11 is 11.5. The van der Waals surface area contributed by atoms with Gasteiger partial charge in [-0.2, -0.15) is 0 Å². The van der Waals surface area contributed by atoms with Crippen molar-refractivity contribution >= 4 is 34.6 Å². The number of benzene rings is 2. The van der Waals surface area contributed by atoms with Crippen LogP contribution in [0.25, 0.3) is 0 Å². The molecular weight excluding hydrogens is 314 g/mol. The highest BCUT2D eigenvalue weighted by Gasteiger charge is 2.25. The number of rotatable bonds is 3. The van der Waals surface area contributed by atoms with Gasteiger partial charge in [0, 0.05) is 16.3 Å². The Labute approximate surface area is 141 Å². The van der Waals surface area contributed by atoms with Crippen LogP contribution >= 0.6 is 23.8 Å². The van der Waals surface area contributed by atoms with Gasteiger partial charge in [0.2, 0.25) is 0 Å². The molecule has 2 aromatic carbocycles. The van der Waals surface area contributed by atoms with Crippen molar-refractivity contribution in [3.8, 4) is 0 Å². The highest BCUT2D eigenvalue weighted by Crippen LogP contribution is 2.15. The van der Waals surface area contributed by atoms with E-state index in [2.05, 4.69) is 40.5 Å². The van der Waals surface area contributed by atoms with E-state index in [1.54, 1.807) is 0 Å². The second-order valence-corrected chi connectivity index (χ2v) is 6.35. The van der Waals surface area contributed by atoms with Gasteiger partial charge in [-0.15, -0.1) is 0 Å². The molecule has 0 bridgehead atoms. The van der Waals surface area contributed by atoms with Crippen molar-refractivity contribution in [2.45, 2.75) is 6.54 Å². The Morgan fingerprint density at radius 3 is 2.77 bits per heavy atom. The molecule has 1 aliphatic heterocycles. The smallest absolute Gasteiger partial charge is 0.177 e. The van der Waals surface area contributed by atoms with Crippen LogP contribution in [0.4, 0.5) is 5.69 Å². The third-order valence-corrected chi connectivity index (χ3v) is 4.41. The SMILES string of the molecule is S=C(Nc1cccc(Cl)c1)N1CC[NH+](Cc2ccccc2)C1. The molecule has 0 radical (unpaired) electrons. The van der Waals surface area contributed by atoms with Crippen LogP contribution in [0, 0.1) is 0 Å². The zero-order chi connectivity index (χ0) is 15.4. The van der Waals surface area contributed by atoms with E-state index in [0.29, 0.717) is 5.02 Å². The lowest BCUT2D eigenvalue weighted by Gasteiger charge is -2.19. The maximum Gasteiger partial charge on any atom is 0.177 e. The predicted octanol–water partition coefficient (Wildman–Crippen LogP) is 2.40. The Morgan fingerprint density at radius 2 is 2.00 bits per heavy atom. The molecule has 1 saturated heterocycles. The first-order valence-corrected chi connectivity index (χ1v) is 8.18. The average Bonchev–Trinajstić information content (AvgIpc) is 2.97. The van der Waals surface area contributed by atoms with E-state index in [4.69, 9.17) is 23.8 Å². The van der Waals surface area contributed by atoms with Crippen LogP contribution in [0.15, 0.2) is 54.6 Å². The summed E-state index contributed by atoms with van der Waals surface area (Å²) in [7, 11) is 0. The number of thiocarbonyl (C=S) groups is 1. The number of hydrogen-bond donors (Lipinski definition) is 2. The molecule has 1 aliphatic rings. The lowest BCUT2D eigenvalue weighted by Crippen LogP contribution is -3.09. The summed E-state index contributed by atoms with van der Waals surface area (Å²) in [6.45, 7) is 4.05. The molecule has 1 atom stereocenters. The standard InChI is InChI=1S/C17H18ClN3S/c18-15-7-4-8-16(11-15)19-17(22)21-10-9-20(13-21)12-14-5-2-1-3-6-14/h1-8,11H,9-10,12-13H2,(H,19,22)/p+1. The molecule has 2 aromatic rings. The van der Waals surface area contributed by atoms with Gasteiger partial charge in [-0.1, -0.05) is 48.0 Å². The summed E-state index contributed by atoms with van der Waals surface area (Å²) in [5.41, 5.74) is 2.31. The number of halogens is 1. The number of nitrogens with one attached hydrogen (secondary N) is 2. The van der Waals surface area contributed by atoms with Gasteiger partial charge < -0.3 is 10.2 Å². The minimum Gasteiger partial charge on any atom is -0.332 e. The Kier molecular flexibility index (Phi) is 4.93. The van der Waals surface area contributed by atoms with E-state index < -0.39 is 0 Å². The highest BCUT2D eigenvalue weighted by molar-refractivity contribution is 7.80. The largest absolute Gasteiger partial charge is 0.332 e. The van der Waals surface area contributed by atoms with Crippen LogP contribution < -0.4 is 10.2 Å². The van der Waals surface area contributed by atoms with Gasteiger partial charge >= 0.3 is 0 Å².